The van der Waals surface area contributed by atoms with Gasteiger partial charge in [0.2, 0.25) is 11.7 Å². The van der Waals surface area contributed by atoms with E-state index in [1.165, 1.54) is 12.5 Å². The Morgan fingerprint density at radius 3 is 2.65 bits per heavy atom. The van der Waals surface area contributed by atoms with Crippen LogP contribution in [0, 0.1) is 0 Å². The third-order valence-electron chi connectivity index (χ3n) is 3.49. The molecular weight excluding hydrogens is 260 g/mol. The molecule has 0 aliphatic carbocycles. The van der Waals surface area contributed by atoms with Crippen LogP contribution in [0.3, 0.4) is 0 Å². The molecule has 1 aromatic heterocycles. The molecule has 110 valence electrons. The van der Waals surface area contributed by atoms with Crippen molar-refractivity contribution in [2.24, 2.45) is 0 Å². The van der Waals surface area contributed by atoms with Gasteiger partial charge in [-0.2, -0.15) is 0 Å². The first-order valence-electron chi connectivity index (χ1n) is 6.92. The molecule has 20 heavy (non-hydrogen) atoms. The maximum atomic E-state index is 12.2. The molecule has 1 amide bonds. The van der Waals surface area contributed by atoms with Crippen LogP contribution in [0.2, 0.25) is 0 Å². The smallest absolute Gasteiger partial charge is 0.371 e. The molecule has 1 aliphatic heterocycles. The summed E-state index contributed by atoms with van der Waals surface area (Å²) in [6, 6.07) is 2.72. The fraction of sp³-hybridized carbons (Fsp3) is 0.571. The number of hydrogen-bond donors (Lipinski definition) is 2. The highest BCUT2D eigenvalue weighted by Gasteiger charge is 2.22. The number of carboxylic acids is 1. The molecule has 0 radical (unpaired) electrons. The van der Waals surface area contributed by atoms with E-state index in [1.54, 1.807) is 6.07 Å². The number of piperidine rings is 1. The molecule has 1 fully saturated rings. The molecule has 2 heterocycles. The molecule has 0 aromatic carbocycles. The maximum Gasteiger partial charge on any atom is 0.371 e. The number of likely N-dealkylation sites (tertiary alicyclic amines) is 1. The Morgan fingerprint density at radius 2 is 2.05 bits per heavy atom. The van der Waals surface area contributed by atoms with E-state index < -0.39 is 5.97 Å². The molecule has 1 atom stereocenters. The largest absolute Gasteiger partial charge is 0.475 e. The van der Waals surface area contributed by atoms with Crippen LogP contribution in [-0.2, 0) is 11.3 Å². The minimum Gasteiger partial charge on any atom is -0.475 e. The zero-order valence-electron chi connectivity index (χ0n) is 11.6. The Hall–Kier alpha value is -1.82. The van der Waals surface area contributed by atoms with E-state index in [-0.39, 0.29) is 17.7 Å². The number of nitrogens with zero attached hydrogens (tertiary/aromatic N) is 1. The molecule has 6 heteroatoms. The topological polar surface area (TPSA) is 82.8 Å². The fourth-order valence-electron chi connectivity index (χ4n) is 2.32. The van der Waals surface area contributed by atoms with E-state index in [0.717, 1.165) is 25.9 Å². The molecule has 0 bridgehead atoms. The summed E-state index contributed by atoms with van der Waals surface area (Å²) in [5.74, 6) is -0.569. The molecule has 1 saturated heterocycles. The normalized spacial score (nSPS) is 16.9. The Morgan fingerprint density at radius 1 is 1.35 bits per heavy atom. The second kappa shape index (κ2) is 6.56. The predicted molar refractivity (Wildman–Crippen MR) is 72.4 cm³/mol. The van der Waals surface area contributed by atoms with Gasteiger partial charge in [-0.15, -0.1) is 0 Å². The molecule has 6 nitrogen and oxygen atoms in total. The second-order valence-corrected chi connectivity index (χ2v) is 5.06. The summed E-state index contributed by atoms with van der Waals surface area (Å²) in [7, 11) is 0. The van der Waals surface area contributed by atoms with Gasteiger partial charge in [0.05, 0.1) is 12.6 Å². The van der Waals surface area contributed by atoms with Gasteiger partial charge in [0.1, 0.15) is 5.76 Å². The average molecular weight is 280 g/mol. The van der Waals surface area contributed by atoms with Gasteiger partial charge in [-0.3, -0.25) is 10.1 Å². The molecule has 0 spiro atoms. The highest BCUT2D eigenvalue weighted by molar-refractivity contribution is 5.84. The van der Waals surface area contributed by atoms with Crippen LogP contribution < -0.4 is 5.32 Å². The van der Waals surface area contributed by atoms with Crippen molar-refractivity contribution in [1.82, 2.24) is 10.2 Å². The van der Waals surface area contributed by atoms with E-state index in [0.29, 0.717) is 12.3 Å². The second-order valence-electron chi connectivity index (χ2n) is 5.06. The monoisotopic (exact) mass is 280 g/mol. The lowest BCUT2D eigenvalue weighted by atomic mass is 10.1. The quantitative estimate of drug-likeness (QED) is 0.853. The summed E-state index contributed by atoms with van der Waals surface area (Å²) in [5.41, 5.74) is 0. The molecule has 2 rings (SSSR count). The SMILES string of the molecule is CC(NCc1ccc(C(=O)O)o1)C(=O)N1CCCCC1. The number of carbonyl (C=O) groups excluding carboxylic acids is 1. The maximum absolute atomic E-state index is 12.2. The number of hydrogen-bond acceptors (Lipinski definition) is 4. The fourth-order valence-corrected chi connectivity index (χ4v) is 2.32. The number of furan rings is 1. The van der Waals surface area contributed by atoms with Crippen LogP contribution >= 0.6 is 0 Å². The number of rotatable bonds is 5. The zero-order chi connectivity index (χ0) is 14.5. The molecular formula is C14H20N2O4. The van der Waals surface area contributed by atoms with Crippen molar-refractivity contribution in [2.75, 3.05) is 13.1 Å². The van der Waals surface area contributed by atoms with Gasteiger partial charge < -0.3 is 14.4 Å². The third-order valence-corrected chi connectivity index (χ3v) is 3.49. The summed E-state index contributed by atoms with van der Waals surface area (Å²) in [6.07, 6.45) is 3.33. The van der Waals surface area contributed by atoms with Gasteiger partial charge >= 0.3 is 5.97 Å². The standard InChI is InChI=1S/C14H20N2O4/c1-10(13(17)16-7-3-2-4-8-16)15-9-11-5-6-12(20-11)14(18)19/h5-6,10,15H,2-4,7-9H2,1H3,(H,18,19). The highest BCUT2D eigenvalue weighted by atomic mass is 16.4. The number of nitrogens with one attached hydrogen (secondary N) is 1. The minimum absolute atomic E-state index is 0.0863. The Balaban J connectivity index is 1.82. The third kappa shape index (κ3) is 3.60. The Kier molecular flexibility index (Phi) is 4.79. The van der Waals surface area contributed by atoms with Crippen molar-refractivity contribution < 1.29 is 19.1 Å². The molecule has 0 saturated carbocycles. The van der Waals surface area contributed by atoms with Crippen LogP contribution in [0.4, 0.5) is 0 Å². The van der Waals surface area contributed by atoms with Crippen LogP contribution in [0.25, 0.3) is 0 Å². The van der Waals surface area contributed by atoms with Crippen LogP contribution in [0.1, 0.15) is 42.5 Å². The van der Waals surface area contributed by atoms with Crippen LogP contribution in [0.15, 0.2) is 16.5 Å². The molecule has 1 unspecified atom stereocenters. The Labute approximate surface area is 117 Å². The zero-order valence-corrected chi connectivity index (χ0v) is 11.6. The van der Waals surface area contributed by atoms with Crippen LogP contribution in [-0.4, -0.2) is 41.0 Å². The predicted octanol–water partition coefficient (Wildman–Crippen LogP) is 1.47. The van der Waals surface area contributed by atoms with E-state index in [4.69, 9.17) is 9.52 Å². The summed E-state index contributed by atoms with van der Waals surface area (Å²) in [5, 5.41) is 11.8. The van der Waals surface area contributed by atoms with E-state index >= 15 is 0 Å². The summed E-state index contributed by atoms with van der Waals surface area (Å²) in [4.78, 5) is 24.7. The van der Waals surface area contributed by atoms with Gasteiger partial charge in [0, 0.05) is 13.1 Å². The van der Waals surface area contributed by atoms with Gasteiger partial charge in [0.25, 0.3) is 0 Å². The van der Waals surface area contributed by atoms with Gasteiger partial charge in [-0.1, -0.05) is 0 Å². The lowest BCUT2D eigenvalue weighted by molar-refractivity contribution is -0.134. The molecule has 1 aromatic rings. The average Bonchev–Trinajstić information content (AvgIpc) is 2.94. The van der Waals surface area contributed by atoms with Crippen molar-refractivity contribution in [1.29, 1.82) is 0 Å². The van der Waals surface area contributed by atoms with Crippen molar-refractivity contribution in [3.63, 3.8) is 0 Å². The molecule has 2 N–H and O–H groups in total. The number of aromatic carboxylic acids is 1. The van der Waals surface area contributed by atoms with Gasteiger partial charge in [-0.25, -0.2) is 4.79 Å². The number of carbonyl (C=O) groups is 2. The summed E-state index contributed by atoms with van der Waals surface area (Å²) >= 11 is 0. The summed E-state index contributed by atoms with van der Waals surface area (Å²) in [6.45, 7) is 3.82. The number of amides is 1. The lowest BCUT2D eigenvalue weighted by Gasteiger charge is -2.29. The van der Waals surface area contributed by atoms with E-state index in [2.05, 4.69) is 5.32 Å². The first kappa shape index (κ1) is 14.6. The van der Waals surface area contributed by atoms with Crippen molar-refractivity contribution in [3.05, 3.63) is 23.7 Å². The van der Waals surface area contributed by atoms with E-state index in [1.807, 2.05) is 11.8 Å². The van der Waals surface area contributed by atoms with Gasteiger partial charge in [0.15, 0.2) is 0 Å². The van der Waals surface area contributed by atoms with Crippen LogP contribution in [0.5, 0.6) is 0 Å². The highest BCUT2D eigenvalue weighted by Crippen LogP contribution is 2.11. The van der Waals surface area contributed by atoms with Crippen molar-refractivity contribution in [3.8, 4) is 0 Å². The number of carboxylic acid groups (broad SMARTS) is 1. The minimum atomic E-state index is -1.09. The summed E-state index contributed by atoms with van der Waals surface area (Å²) < 4.78 is 5.13. The van der Waals surface area contributed by atoms with Crippen molar-refractivity contribution >= 4 is 11.9 Å². The lowest BCUT2D eigenvalue weighted by Crippen LogP contribution is -2.46. The van der Waals surface area contributed by atoms with Crippen molar-refractivity contribution in [2.45, 2.75) is 38.8 Å². The Bertz CT molecular complexity index is 477. The first-order valence-corrected chi connectivity index (χ1v) is 6.92. The van der Waals surface area contributed by atoms with Gasteiger partial charge in [-0.05, 0) is 38.3 Å². The molecule has 1 aliphatic rings. The first-order chi connectivity index (χ1) is 9.58. The van der Waals surface area contributed by atoms with E-state index in [9.17, 15) is 9.59 Å².